The van der Waals surface area contributed by atoms with E-state index in [0.717, 1.165) is 12.1 Å². The number of likely N-dealkylation sites (N-methyl/N-ethyl adjacent to an activating group) is 1. The van der Waals surface area contributed by atoms with Crippen LogP contribution in [0.25, 0.3) is 0 Å². The lowest BCUT2D eigenvalue weighted by molar-refractivity contribution is -0.122. The zero-order chi connectivity index (χ0) is 14.0. The highest BCUT2D eigenvalue weighted by Crippen LogP contribution is 2.25. The largest absolute Gasteiger partial charge is 0.373 e. The van der Waals surface area contributed by atoms with Gasteiger partial charge in [-0.15, -0.1) is 0 Å². The van der Waals surface area contributed by atoms with Crippen LogP contribution >= 0.6 is 0 Å². The van der Waals surface area contributed by atoms with E-state index in [2.05, 4.69) is 35.4 Å². The van der Waals surface area contributed by atoms with Gasteiger partial charge in [0.2, 0.25) is 5.91 Å². The van der Waals surface area contributed by atoms with E-state index in [4.69, 9.17) is 0 Å². The maximum atomic E-state index is 12.2. The van der Waals surface area contributed by atoms with Crippen molar-refractivity contribution in [1.82, 2.24) is 10.2 Å². The number of rotatable bonds is 4. The number of fused-ring (bicyclic) bond motifs is 1. The SMILES string of the molecule is CN(C)C(C)(C)CNC(=O)C1Cc2ccccc2N1. The maximum absolute atomic E-state index is 12.2. The summed E-state index contributed by atoms with van der Waals surface area (Å²) in [7, 11) is 4.05. The molecule has 104 valence electrons. The van der Waals surface area contributed by atoms with Gasteiger partial charge in [-0.1, -0.05) is 18.2 Å². The topological polar surface area (TPSA) is 44.4 Å². The molecule has 0 saturated heterocycles. The van der Waals surface area contributed by atoms with Crippen LogP contribution in [-0.4, -0.2) is 43.0 Å². The Balaban J connectivity index is 1.90. The van der Waals surface area contributed by atoms with Crippen molar-refractivity contribution in [2.75, 3.05) is 26.0 Å². The van der Waals surface area contributed by atoms with Crippen LogP contribution in [0.4, 0.5) is 5.69 Å². The summed E-state index contributed by atoms with van der Waals surface area (Å²) in [6.07, 6.45) is 0.768. The number of benzene rings is 1. The highest BCUT2D eigenvalue weighted by atomic mass is 16.2. The molecule has 0 bridgehead atoms. The van der Waals surface area contributed by atoms with Crippen LogP contribution in [0.1, 0.15) is 19.4 Å². The fourth-order valence-corrected chi connectivity index (χ4v) is 2.04. The second-order valence-electron chi connectivity index (χ2n) is 5.98. The Kier molecular flexibility index (Phi) is 3.80. The lowest BCUT2D eigenvalue weighted by Gasteiger charge is -2.33. The Morgan fingerprint density at radius 2 is 2.11 bits per heavy atom. The summed E-state index contributed by atoms with van der Waals surface area (Å²) in [5, 5.41) is 6.31. The van der Waals surface area contributed by atoms with Gasteiger partial charge < -0.3 is 15.5 Å². The average molecular weight is 261 g/mol. The number of hydrogen-bond acceptors (Lipinski definition) is 3. The number of carbonyl (C=O) groups excluding carboxylic acids is 1. The first-order chi connectivity index (χ1) is 8.90. The molecule has 2 rings (SSSR count). The first-order valence-corrected chi connectivity index (χ1v) is 6.70. The van der Waals surface area contributed by atoms with Gasteiger partial charge in [-0.2, -0.15) is 0 Å². The third kappa shape index (κ3) is 3.07. The number of para-hydroxylation sites is 1. The fraction of sp³-hybridized carbons (Fsp3) is 0.533. The molecule has 1 amide bonds. The molecule has 1 aromatic rings. The van der Waals surface area contributed by atoms with Crippen molar-refractivity contribution in [2.45, 2.75) is 31.8 Å². The van der Waals surface area contributed by atoms with E-state index in [-0.39, 0.29) is 17.5 Å². The summed E-state index contributed by atoms with van der Waals surface area (Å²) in [4.78, 5) is 14.3. The van der Waals surface area contributed by atoms with Crippen LogP contribution in [0, 0.1) is 0 Å². The van der Waals surface area contributed by atoms with Crippen molar-refractivity contribution in [3.05, 3.63) is 29.8 Å². The summed E-state index contributed by atoms with van der Waals surface area (Å²) < 4.78 is 0. The third-order valence-electron chi connectivity index (χ3n) is 3.99. The minimum Gasteiger partial charge on any atom is -0.373 e. The van der Waals surface area contributed by atoms with E-state index in [1.807, 2.05) is 32.3 Å². The van der Waals surface area contributed by atoms with Crippen molar-refractivity contribution in [3.63, 3.8) is 0 Å². The third-order valence-corrected chi connectivity index (χ3v) is 3.99. The molecule has 0 aliphatic carbocycles. The zero-order valence-electron chi connectivity index (χ0n) is 12.2. The highest BCUT2D eigenvalue weighted by molar-refractivity contribution is 5.87. The Morgan fingerprint density at radius 1 is 1.42 bits per heavy atom. The molecule has 0 fully saturated rings. The minimum atomic E-state index is -0.143. The number of carbonyl (C=O) groups is 1. The smallest absolute Gasteiger partial charge is 0.242 e. The summed E-state index contributed by atoms with van der Waals surface area (Å²) in [5.74, 6) is 0.0751. The fourth-order valence-electron chi connectivity index (χ4n) is 2.04. The Hall–Kier alpha value is -1.55. The van der Waals surface area contributed by atoms with E-state index in [1.54, 1.807) is 0 Å². The summed E-state index contributed by atoms with van der Waals surface area (Å²) in [5.41, 5.74) is 2.25. The van der Waals surface area contributed by atoms with Gasteiger partial charge in [-0.25, -0.2) is 0 Å². The van der Waals surface area contributed by atoms with Crippen LogP contribution in [0.15, 0.2) is 24.3 Å². The number of hydrogen-bond donors (Lipinski definition) is 2. The molecule has 19 heavy (non-hydrogen) atoms. The molecule has 4 nitrogen and oxygen atoms in total. The van der Waals surface area contributed by atoms with Crippen molar-refractivity contribution < 1.29 is 4.79 Å². The Bertz CT molecular complexity index is 443. The van der Waals surface area contributed by atoms with Crippen LogP contribution in [0.3, 0.4) is 0 Å². The molecular formula is C15H23N3O. The van der Waals surface area contributed by atoms with Gasteiger partial charge in [-0.05, 0) is 39.6 Å². The lowest BCUT2D eigenvalue weighted by atomic mass is 10.0. The Morgan fingerprint density at radius 3 is 2.74 bits per heavy atom. The number of nitrogens with one attached hydrogen (secondary N) is 2. The molecular weight excluding hydrogens is 238 g/mol. The van der Waals surface area contributed by atoms with E-state index < -0.39 is 0 Å². The van der Waals surface area contributed by atoms with Gasteiger partial charge >= 0.3 is 0 Å². The monoisotopic (exact) mass is 261 g/mol. The molecule has 1 aromatic carbocycles. The van der Waals surface area contributed by atoms with Crippen molar-refractivity contribution in [1.29, 1.82) is 0 Å². The molecule has 0 radical (unpaired) electrons. The van der Waals surface area contributed by atoms with Gasteiger partial charge in [0.05, 0.1) is 0 Å². The molecule has 0 aromatic heterocycles. The predicted octanol–water partition coefficient (Wildman–Crippen LogP) is 1.48. The Labute approximate surface area is 115 Å². The average Bonchev–Trinajstić information content (AvgIpc) is 2.79. The first kappa shape index (κ1) is 13.9. The lowest BCUT2D eigenvalue weighted by Crippen LogP contribution is -2.50. The van der Waals surface area contributed by atoms with Gasteiger partial charge in [0.15, 0.2) is 0 Å². The van der Waals surface area contributed by atoms with Gasteiger partial charge in [0.25, 0.3) is 0 Å². The van der Waals surface area contributed by atoms with Crippen molar-refractivity contribution in [2.24, 2.45) is 0 Å². The molecule has 4 heteroatoms. The first-order valence-electron chi connectivity index (χ1n) is 6.70. The van der Waals surface area contributed by atoms with Gasteiger partial charge in [0, 0.05) is 24.2 Å². The van der Waals surface area contributed by atoms with E-state index in [9.17, 15) is 4.79 Å². The van der Waals surface area contributed by atoms with Crippen molar-refractivity contribution >= 4 is 11.6 Å². The predicted molar refractivity (Wildman–Crippen MR) is 78.3 cm³/mol. The molecule has 0 saturated carbocycles. The molecule has 1 heterocycles. The van der Waals surface area contributed by atoms with E-state index in [1.165, 1.54) is 5.56 Å². The zero-order valence-corrected chi connectivity index (χ0v) is 12.2. The molecule has 1 atom stereocenters. The summed E-state index contributed by atoms with van der Waals surface area (Å²) >= 11 is 0. The van der Waals surface area contributed by atoms with E-state index >= 15 is 0 Å². The molecule has 1 aliphatic rings. The second kappa shape index (κ2) is 5.21. The van der Waals surface area contributed by atoms with Crippen LogP contribution in [0.5, 0.6) is 0 Å². The quantitative estimate of drug-likeness (QED) is 0.863. The minimum absolute atomic E-state index is 0.0406. The summed E-state index contributed by atoms with van der Waals surface area (Å²) in [6.45, 7) is 4.88. The standard InChI is InChI=1S/C15H23N3O/c1-15(2,18(3)4)10-16-14(19)13-9-11-7-5-6-8-12(11)17-13/h5-8,13,17H,9-10H2,1-4H3,(H,16,19). The number of nitrogens with zero attached hydrogens (tertiary/aromatic N) is 1. The van der Waals surface area contributed by atoms with E-state index in [0.29, 0.717) is 6.54 Å². The van der Waals surface area contributed by atoms with Crippen LogP contribution in [-0.2, 0) is 11.2 Å². The molecule has 1 unspecified atom stereocenters. The maximum Gasteiger partial charge on any atom is 0.242 e. The molecule has 2 N–H and O–H groups in total. The second-order valence-corrected chi connectivity index (χ2v) is 5.98. The van der Waals surface area contributed by atoms with Gasteiger partial charge in [-0.3, -0.25) is 4.79 Å². The summed E-state index contributed by atoms with van der Waals surface area (Å²) in [6, 6.07) is 7.94. The normalized spacial score (nSPS) is 18.1. The number of amides is 1. The van der Waals surface area contributed by atoms with Crippen molar-refractivity contribution in [3.8, 4) is 0 Å². The number of anilines is 1. The van der Waals surface area contributed by atoms with Crippen LogP contribution in [0.2, 0.25) is 0 Å². The van der Waals surface area contributed by atoms with Gasteiger partial charge in [0.1, 0.15) is 6.04 Å². The molecule has 1 aliphatic heterocycles. The van der Waals surface area contributed by atoms with Crippen LogP contribution < -0.4 is 10.6 Å². The highest BCUT2D eigenvalue weighted by Gasteiger charge is 2.28. The molecule has 0 spiro atoms.